The Kier molecular flexibility index (Phi) is 8.68. The molecule has 1 aromatic heterocycles. The summed E-state index contributed by atoms with van der Waals surface area (Å²) in [6, 6.07) is 17.8. The highest BCUT2D eigenvalue weighted by atomic mass is 28.3. The second-order valence-corrected chi connectivity index (χ2v) is 18.1. The van der Waals surface area contributed by atoms with Crippen molar-refractivity contribution in [3.63, 3.8) is 0 Å². The number of carbonyl (C=O) groups is 2. The maximum absolute atomic E-state index is 13.2. The summed E-state index contributed by atoms with van der Waals surface area (Å²) < 4.78 is 17.9. The SMILES string of the molecule is C=Cc1ccc2nc(-c3ccccc3)cc(O[C@@H]3C[C@@H](C(=O)OCC[Si](C)(C)C)N(C(=O)OC(C)(C)C)C3)c2c1. The third-order valence-corrected chi connectivity index (χ3v) is 8.36. The van der Waals surface area contributed by atoms with Crippen LogP contribution in [0.25, 0.3) is 28.2 Å². The van der Waals surface area contributed by atoms with Crippen LogP contribution in [0.3, 0.4) is 0 Å². The van der Waals surface area contributed by atoms with Crippen LogP contribution in [-0.2, 0) is 14.3 Å². The average molecular weight is 561 g/mol. The molecule has 1 fully saturated rings. The molecule has 8 heteroatoms. The Morgan fingerprint density at radius 1 is 1.10 bits per heavy atom. The zero-order valence-corrected chi connectivity index (χ0v) is 25.4. The van der Waals surface area contributed by atoms with Crippen LogP contribution >= 0.6 is 0 Å². The Balaban J connectivity index is 1.64. The van der Waals surface area contributed by atoms with Crippen LogP contribution < -0.4 is 4.74 Å². The fourth-order valence-corrected chi connectivity index (χ4v) is 5.27. The number of amides is 1. The highest BCUT2D eigenvalue weighted by Gasteiger charge is 2.43. The Labute approximate surface area is 238 Å². The highest BCUT2D eigenvalue weighted by molar-refractivity contribution is 6.76. The molecule has 4 rings (SSSR count). The Hall–Kier alpha value is -3.65. The van der Waals surface area contributed by atoms with Gasteiger partial charge in [0.2, 0.25) is 0 Å². The van der Waals surface area contributed by atoms with Gasteiger partial charge in [0.15, 0.2) is 0 Å². The third kappa shape index (κ3) is 7.50. The van der Waals surface area contributed by atoms with Gasteiger partial charge in [-0.1, -0.05) is 68.7 Å². The zero-order chi connectivity index (χ0) is 29.1. The van der Waals surface area contributed by atoms with Gasteiger partial charge in [-0.2, -0.15) is 0 Å². The van der Waals surface area contributed by atoms with Gasteiger partial charge in [-0.25, -0.2) is 14.6 Å². The van der Waals surface area contributed by atoms with Gasteiger partial charge in [-0.15, -0.1) is 0 Å². The summed E-state index contributed by atoms with van der Waals surface area (Å²) in [5, 5.41) is 0.835. The van der Waals surface area contributed by atoms with E-state index in [2.05, 4.69) is 26.2 Å². The number of hydrogen-bond acceptors (Lipinski definition) is 6. The number of pyridine rings is 1. The van der Waals surface area contributed by atoms with Gasteiger partial charge in [-0.05, 0) is 44.5 Å². The van der Waals surface area contributed by atoms with Crippen molar-refractivity contribution >= 4 is 37.1 Å². The van der Waals surface area contributed by atoms with Crippen molar-refractivity contribution in [2.24, 2.45) is 0 Å². The van der Waals surface area contributed by atoms with Crippen molar-refractivity contribution in [2.75, 3.05) is 13.2 Å². The summed E-state index contributed by atoms with van der Waals surface area (Å²) in [6.45, 7) is 16.6. The van der Waals surface area contributed by atoms with Crippen LogP contribution in [0.4, 0.5) is 4.79 Å². The number of carbonyl (C=O) groups excluding carboxylic acids is 2. The van der Waals surface area contributed by atoms with Crippen LogP contribution in [0.2, 0.25) is 25.7 Å². The van der Waals surface area contributed by atoms with Gasteiger partial charge in [0.1, 0.15) is 23.5 Å². The summed E-state index contributed by atoms with van der Waals surface area (Å²) in [4.78, 5) is 32.7. The molecular formula is C32H40N2O5Si. The van der Waals surface area contributed by atoms with Crippen LogP contribution in [0.15, 0.2) is 61.2 Å². The maximum atomic E-state index is 13.2. The number of likely N-dealkylation sites (tertiary alicyclic amines) is 1. The molecule has 2 atom stereocenters. The van der Waals surface area contributed by atoms with Crippen LogP contribution in [-0.4, -0.2) is 60.9 Å². The van der Waals surface area contributed by atoms with Gasteiger partial charge in [0.25, 0.3) is 0 Å². The van der Waals surface area contributed by atoms with Gasteiger partial charge < -0.3 is 14.2 Å². The molecule has 0 saturated carbocycles. The first-order chi connectivity index (χ1) is 18.8. The molecule has 40 heavy (non-hydrogen) atoms. The van der Waals surface area contributed by atoms with E-state index < -0.39 is 37.9 Å². The second-order valence-electron chi connectivity index (χ2n) is 12.5. The van der Waals surface area contributed by atoms with Crippen molar-refractivity contribution in [3.05, 3.63) is 66.7 Å². The zero-order valence-electron chi connectivity index (χ0n) is 24.4. The molecule has 212 valence electrons. The lowest BCUT2D eigenvalue weighted by molar-refractivity contribution is -0.148. The Morgan fingerprint density at radius 3 is 2.48 bits per heavy atom. The molecule has 1 aliphatic heterocycles. The number of rotatable bonds is 8. The summed E-state index contributed by atoms with van der Waals surface area (Å²) >= 11 is 0. The van der Waals surface area contributed by atoms with Crippen LogP contribution in [0.1, 0.15) is 32.8 Å². The number of esters is 1. The first-order valence-corrected chi connectivity index (χ1v) is 17.5. The molecule has 0 unspecified atom stereocenters. The van der Waals surface area contributed by atoms with Crippen molar-refractivity contribution in [1.29, 1.82) is 0 Å². The standard InChI is InChI=1S/C32H40N2O5Si/c1-8-22-14-15-26-25(18-22)29(20-27(33-26)23-12-10-9-11-13-23)38-24-19-28(30(35)37-16-17-40(5,6)7)34(21-24)31(36)39-32(2,3)4/h8-15,18,20,24,28H,1,16-17,19,21H2,2-7H3/t24-,28+/m1/s1. The smallest absolute Gasteiger partial charge is 0.411 e. The monoisotopic (exact) mass is 560 g/mol. The van der Waals surface area contributed by atoms with E-state index in [4.69, 9.17) is 19.2 Å². The number of aromatic nitrogens is 1. The summed E-state index contributed by atoms with van der Waals surface area (Å²) in [5.41, 5.74) is 2.77. The van der Waals surface area contributed by atoms with Gasteiger partial charge in [-0.3, -0.25) is 4.90 Å². The Morgan fingerprint density at radius 2 is 1.82 bits per heavy atom. The quantitative estimate of drug-likeness (QED) is 0.214. The molecule has 2 aromatic carbocycles. The highest BCUT2D eigenvalue weighted by Crippen LogP contribution is 2.34. The number of nitrogens with zero attached hydrogens (tertiary/aromatic N) is 2. The molecule has 0 bridgehead atoms. The minimum Gasteiger partial charge on any atom is -0.488 e. The largest absolute Gasteiger partial charge is 0.488 e. The number of fused-ring (bicyclic) bond motifs is 1. The molecule has 0 radical (unpaired) electrons. The predicted molar refractivity (Wildman–Crippen MR) is 162 cm³/mol. The van der Waals surface area contributed by atoms with E-state index in [1.54, 1.807) is 6.08 Å². The molecule has 1 amide bonds. The fraction of sp³-hybridized carbons (Fsp3) is 0.406. The number of hydrogen-bond donors (Lipinski definition) is 0. The number of benzene rings is 2. The van der Waals surface area contributed by atoms with E-state index in [0.29, 0.717) is 18.8 Å². The van der Waals surface area contributed by atoms with E-state index in [-0.39, 0.29) is 6.54 Å². The second kappa shape index (κ2) is 11.8. The van der Waals surface area contributed by atoms with Crippen LogP contribution in [0, 0.1) is 0 Å². The lowest BCUT2D eigenvalue weighted by atomic mass is 10.1. The molecule has 0 aliphatic carbocycles. The van der Waals surface area contributed by atoms with E-state index in [1.165, 1.54) is 4.90 Å². The molecular weight excluding hydrogens is 520 g/mol. The van der Waals surface area contributed by atoms with Gasteiger partial charge in [0.05, 0.1) is 24.4 Å². The normalized spacial score (nSPS) is 17.5. The summed E-state index contributed by atoms with van der Waals surface area (Å²) in [5.74, 6) is 0.211. The van der Waals surface area contributed by atoms with Crippen molar-refractivity contribution < 1.29 is 23.8 Å². The molecule has 0 N–H and O–H groups in total. The summed E-state index contributed by atoms with van der Waals surface area (Å²) in [6.07, 6.45) is 1.09. The molecule has 0 spiro atoms. The van der Waals surface area contributed by atoms with Gasteiger partial charge in [0, 0.05) is 31.5 Å². The lowest BCUT2D eigenvalue weighted by Crippen LogP contribution is -2.44. The first-order valence-electron chi connectivity index (χ1n) is 13.8. The lowest BCUT2D eigenvalue weighted by Gasteiger charge is -2.27. The van der Waals surface area contributed by atoms with E-state index in [0.717, 1.165) is 33.8 Å². The maximum Gasteiger partial charge on any atom is 0.411 e. The first kappa shape index (κ1) is 29.3. The van der Waals surface area contributed by atoms with E-state index in [1.807, 2.05) is 75.4 Å². The summed E-state index contributed by atoms with van der Waals surface area (Å²) in [7, 11) is -1.39. The minimum atomic E-state index is -1.39. The molecule has 3 aromatic rings. The molecule has 1 saturated heterocycles. The van der Waals surface area contributed by atoms with Crippen molar-refractivity contribution in [3.8, 4) is 17.0 Å². The number of ether oxygens (including phenoxy) is 3. The molecule has 7 nitrogen and oxygen atoms in total. The van der Waals surface area contributed by atoms with Gasteiger partial charge >= 0.3 is 12.1 Å². The Bertz CT molecular complexity index is 1380. The van der Waals surface area contributed by atoms with E-state index >= 15 is 0 Å². The average Bonchev–Trinajstić information content (AvgIpc) is 3.31. The molecule has 2 heterocycles. The predicted octanol–water partition coefficient (Wildman–Crippen LogP) is 7.18. The fourth-order valence-electron chi connectivity index (χ4n) is 4.56. The van der Waals surface area contributed by atoms with Crippen molar-refractivity contribution in [1.82, 2.24) is 9.88 Å². The third-order valence-electron chi connectivity index (χ3n) is 6.65. The topological polar surface area (TPSA) is 78.0 Å². The van der Waals surface area contributed by atoms with E-state index in [9.17, 15) is 9.59 Å². The minimum absolute atomic E-state index is 0.203. The molecule has 1 aliphatic rings. The van der Waals surface area contributed by atoms with Crippen LogP contribution in [0.5, 0.6) is 5.75 Å². The van der Waals surface area contributed by atoms with Crippen molar-refractivity contribution in [2.45, 2.75) is 70.6 Å².